The van der Waals surface area contributed by atoms with Gasteiger partial charge in [-0.3, -0.25) is 14.4 Å². The summed E-state index contributed by atoms with van der Waals surface area (Å²) in [6.07, 6.45) is 1.99. The number of imidazole rings is 1. The number of ketones is 1. The topological polar surface area (TPSA) is 163 Å². The highest BCUT2D eigenvalue weighted by molar-refractivity contribution is 5.93. The van der Waals surface area contributed by atoms with Gasteiger partial charge in [0.1, 0.15) is 24.5 Å². The summed E-state index contributed by atoms with van der Waals surface area (Å²) in [4.78, 5) is 60.1. The lowest BCUT2D eigenvalue weighted by Gasteiger charge is -2.28. The zero-order valence-electron chi connectivity index (χ0n) is 27.6. The number of alkyl carbamates (subject to hydrolysis) is 1. The predicted octanol–water partition coefficient (Wildman–Crippen LogP) is 4.39. The first-order valence-corrected chi connectivity index (χ1v) is 16.3. The molecule has 0 bridgehead atoms. The summed E-state index contributed by atoms with van der Waals surface area (Å²) in [6.45, 7) is 5.65. The summed E-state index contributed by atoms with van der Waals surface area (Å²) in [7, 11) is 0. The normalized spacial score (nSPS) is 13.7. The highest BCUT2D eigenvalue weighted by Gasteiger charge is 2.31. The summed E-state index contributed by atoms with van der Waals surface area (Å²) in [5.41, 5.74) is 2.14. The van der Waals surface area contributed by atoms with Crippen molar-refractivity contribution < 1.29 is 29.0 Å². The molecule has 11 heteroatoms. The molecule has 0 aliphatic heterocycles. The van der Waals surface area contributed by atoms with E-state index in [9.17, 15) is 24.3 Å². The van der Waals surface area contributed by atoms with Gasteiger partial charge in [0.05, 0.1) is 24.2 Å². The fourth-order valence-corrected chi connectivity index (χ4v) is 5.52. The minimum atomic E-state index is -1.11. The molecule has 1 unspecified atom stereocenters. The number of ether oxygens (including phenoxy) is 1. The summed E-state index contributed by atoms with van der Waals surface area (Å²) in [5.74, 6) is -1.15. The van der Waals surface area contributed by atoms with E-state index in [-0.39, 0.29) is 44.0 Å². The number of aromatic nitrogens is 2. The number of rotatable bonds is 17. The molecule has 48 heavy (non-hydrogen) atoms. The molecule has 0 radical (unpaired) electrons. The van der Waals surface area contributed by atoms with Crippen molar-refractivity contribution in [3.05, 3.63) is 102 Å². The lowest BCUT2D eigenvalue weighted by molar-refractivity contribution is -0.131. The molecule has 0 saturated heterocycles. The number of benzene rings is 3. The van der Waals surface area contributed by atoms with Crippen molar-refractivity contribution in [1.82, 2.24) is 25.9 Å². The van der Waals surface area contributed by atoms with Crippen LogP contribution >= 0.6 is 0 Å². The Balaban J connectivity index is 1.57. The van der Waals surface area contributed by atoms with Crippen LogP contribution in [0.2, 0.25) is 0 Å². The molecule has 11 nitrogen and oxygen atoms in total. The number of aliphatic hydroxyl groups excluding tert-OH is 1. The number of aliphatic hydroxyl groups is 1. The molecular weight excluding hydrogens is 610 g/mol. The van der Waals surface area contributed by atoms with Crippen LogP contribution in [0.25, 0.3) is 10.8 Å². The standard InChI is InChI=1S/C37H45N5O6/c1-4-29(43)20-34(44)31(17-24(2)3)40-36(46)33(19-28-21-38-23-39-28)41-35(45)32(42-37(47)48-22-25-11-6-5-7-12-25)18-27-15-10-14-26-13-8-9-16-30(26)27/h5-16,21,23-24,31-34,44H,4,17-20,22H2,1-3H3,(H,38,39)(H,40,46)(H,41,45)(H,42,47)/t31-,32-,33?,34-/m0/s1. The molecule has 0 spiro atoms. The van der Waals surface area contributed by atoms with Gasteiger partial charge in [-0.1, -0.05) is 93.6 Å². The van der Waals surface area contributed by atoms with Crippen LogP contribution in [0.4, 0.5) is 4.79 Å². The third kappa shape index (κ3) is 10.8. The minimum Gasteiger partial charge on any atom is -0.445 e. The average Bonchev–Trinajstić information content (AvgIpc) is 3.60. The zero-order valence-corrected chi connectivity index (χ0v) is 27.6. The van der Waals surface area contributed by atoms with E-state index >= 15 is 0 Å². The molecule has 1 heterocycles. The minimum absolute atomic E-state index is 0.0135. The second kappa shape index (κ2) is 17.8. The van der Waals surface area contributed by atoms with Crippen LogP contribution in [0.5, 0.6) is 0 Å². The molecule has 1 aromatic heterocycles. The Bertz CT molecular complexity index is 1640. The second-order valence-corrected chi connectivity index (χ2v) is 12.3. The number of hydrogen-bond donors (Lipinski definition) is 5. The zero-order chi connectivity index (χ0) is 34.5. The van der Waals surface area contributed by atoms with Crippen molar-refractivity contribution in [3.8, 4) is 0 Å². The third-order valence-electron chi connectivity index (χ3n) is 8.07. The van der Waals surface area contributed by atoms with E-state index in [4.69, 9.17) is 4.74 Å². The molecule has 3 aromatic carbocycles. The molecule has 0 aliphatic carbocycles. The van der Waals surface area contributed by atoms with E-state index < -0.39 is 42.1 Å². The number of amides is 3. The van der Waals surface area contributed by atoms with Gasteiger partial charge >= 0.3 is 6.09 Å². The smallest absolute Gasteiger partial charge is 0.408 e. The Morgan fingerprint density at radius 2 is 1.54 bits per heavy atom. The Morgan fingerprint density at radius 3 is 2.25 bits per heavy atom. The average molecular weight is 656 g/mol. The van der Waals surface area contributed by atoms with Crippen molar-refractivity contribution in [2.45, 2.75) is 83.7 Å². The van der Waals surface area contributed by atoms with E-state index in [0.717, 1.165) is 21.9 Å². The van der Waals surface area contributed by atoms with Gasteiger partial charge in [-0.15, -0.1) is 0 Å². The molecule has 0 fully saturated rings. The van der Waals surface area contributed by atoms with E-state index in [1.807, 2.05) is 86.6 Å². The van der Waals surface area contributed by atoms with Crippen LogP contribution < -0.4 is 16.0 Å². The summed E-state index contributed by atoms with van der Waals surface area (Å²) < 4.78 is 5.45. The third-order valence-corrected chi connectivity index (χ3v) is 8.07. The second-order valence-electron chi connectivity index (χ2n) is 12.3. The maximum absolute atomic E-state index is 14.0. The van der Waals surface area contributed by atoms with Crippen LogP contribution in [-0.2, 0) is 38.6 Å². The first-order valence-electron chi connectivity index (χ1n) is 16.3. The van der Waals surface area contributed by atoms with Crippen LogP contribution in [-0.4, -0.2) is 63.0 Å². The number of carbonyl (C=O) groups excluding carboxylic acids is 4. The van der Waals surface area contributed by atoms with Crippen molar-refractivity contribution in [2.75, 3.05) is 0 Å². The fraction of sp³-hybridized carbons (Fsp3) is 0.378. The van der Waals surface area contributed by atoms with E-state index in [1.54, 1.807) is 13.1 Å². The van der Waals surface area contributed by atoms with Crippen molar-refractivity contribution >= 4 is 34.5 Å². The molecule has 5 N–H and O–H groups in total. The molecular formula is C37H45N5O6. The number of H-pyrrole nitrogens is 1. The maximum Gasteiger partial charge on any atom is 0.408 e. The maximum atomic E-state index is 14.0. The summed E-state index contributed by atoms with van der Waals surface area (Å²) in [5, 5.41) is 21.2. The van der Waals surface area contributed by atoms with Gasteiger partial charge in [0.15, 0.2) is 0 Å². The molecule has 0 saturated carbocycles. The van der Waals surface area contributed by atoms with Gasteiger partial charge in [0, 0.05) is 31.9 Å². The Kier molecular flexibility index (Phi) is 13.3. The summed E-state index contributed by atoms with van der Waals surface area (Å²) in [6, 6.07) is 19.8. The van der Waals surface area contributed by atoms with Gasteiger partial charge in [0.2, 0.25) is 11.8 Å². The van der Waals surface area contributed by atoms with Gasteiger partial charge in [-0.25, -0.2) is 9.78 Å². The fourth-order valence-electron chi connectivity index (χ4n) is 5.52. The number of aromatic amines is 1. The number of hydrogen-bond acceptors (Lipinski definition) is 7. The van der Waals surface area contributed by atoms with Gasteiger partial charge < -0.3 is 30.8 Å². The summed E-state index contributed by atoms with van der Waals surface area (Å²) >= 11 is 0. The number of nitrogens with one attached hydrogen (secondary N) is 4. The van der Waals surface area contributed by atoms with Crippen molar-refractivity contribution in [3.63, 3.8) is 0 Å². The SMILES string of the molecule is CCC(=O)C[C@H](O)[C@H](CC(C)C)NC(=O)C(Cc1c[nH]cn1)NC(=O)[C@H](Cc1cccc2ccccc12)NC(=O)OCc1ccccc1. The number of Topliss-reactive ketones (excluding diaryl/α,β-unsaturated/α-hetero) is 1. The number of nitrogens with zero attached hydrogens (tertiary/aromatic N) is 1. The van der Waals surface area contributed by atoms with Crippen LogP contribution in [0.3, 0.4) is 0 Å². The van der Waals surface area contributed by atoms with Crippen LogP contribution in [0.15, 0.2) is 85.3 Å². The van der Waals surface area contributed by atoms with Gasteiger partial charge in [-0.05, 0) is 34.2 Å². The van der Waals surface area contributed by atoms with Crippen molar-refractivity contribution in [2.24, 2.45) is 5.92 Å². The monoisotopic (exact) mass is 655 g/mol. The Labute approximate surface area is 280 Å². The number of carbonyl (C=O) groups is 4. The van der Waals surface area contributed by atoms with Crippen LogP contribution in [0, 0.1) is 5.92 Å². The van der Waals surface area contributed by atoms with E-state index in [2.05, 4.69) is 25.9 Å². The largest absolute Gasteiger partial charge is 0.445 e. The number of fused-ring (bicyclic) bond motifs is 1. The van der Waals surface area contributed by atoms with E-state index in [0.29, 0.717) is 12.1 Å². The first-order chi connectivity index (χ1) is 23.1. The molecule has 4 aromatic rings. The Morgan fingerprint density at radius 1 is 0.854 bits per heavy atom. The van der Waals surface area contributed by atoms with Gasteiger partial charge in [0.25, 0.3) is 0 Å². The molecule has 3 amide bonds. The molecule has 4 atom stereocenters. The highest BCUT2D eigenvalue weighted by atomic mass is 16.5. The first kappa shape index (κ1) is 35.8. The van der Waals surface area contributed by atoms with Crippen molar-refractivity contribution in [1.29, 1.82) is 0 Å². The van der Waals surface area contributed by atoms with Gasteiger partial charge in [-0.2, -0.15) is 0 Å². The highest BCUT2D eigenvalue weighted by Crippen LogP contribution is 2.20. The van der Waals surface area contributed by atoms with Crippen LogP contribution in [0.1, 0.15) is 56.9 Å². The molecule has 254 valence electrons. The lowest BCUT2D eigenvalue weighted by atomic mass is 9.95. The molecule has 4 rings (SSSR count). The molecule has 0 aliphatic rings. The predicted molar refractivity (Wildman–Crippen MR) is 183 cm³/mol. The van der Waals surface area contributed by atoms with E-state index in [1.165, 1.54) is 6.33 Å². The quantitative estimate of drug-likeness (QED) is 0.113. The lowest BCUT2D eigenvalue weighted by Crippen LogP contribution is -2.57. The Hall–Kier alpha value is -5.03.